The molecular weight excluding hydrogens is 449 g/mol. The van der Waals surface area contributed by atoms with E-state index in [1.165, 1.54) is 29.5 Å². The highest BCUT2D eigenvalue weighted by atomic mass is 32.1. The number of ketones is 1. The minimum atomic E-state index is -4.38. The summed E-state index contributed by atoms with van der Waals surface area (Å²) in [5, 5.41) is 6.45. The molecule has 0 bridgehead atoms. The van der Waals surface area contributed by atoms with Gasteiger partial charge < -0.3 is 4.74 Å². The van der Waals surface area contributed by atoms with Crippen LogP contribution in [0.25, 0.3) is 16.6 Å². The van der Waals surface area contributed by atoms with E-state index in [2.05, 4.69) is 5.10 Å². The summed E-state index contributed by atoms with van der Waals surface area (Å²) in [6.07, 6.45) is 0.450. The molecule has 2 aromatic carbocycles. The van der Waals surface area contributed by atoms with Crippen LogP contribution in [0.5, 0.6) is 5.75 Å². The normalized spacial score (nSPS) is 11.8. The first-order valence-corrected chi connectivity index (χ1v) is 10.9. The second kappa shape index (κ2) is 9.46. The van der Waals surface area contributed by atoms with Crippen LogP contribution in [-0.4, -0.2) is 22.7 Å². The van der Waals surface area contributed by atoms with Crippen LogP contribution < -0.4 is 4.74 Å². The molecule has 0 saturated carbocycles. The van der Waals surface area contributed by atoms with Crippen molar-refractivity contribution >= 4 is 23.2 Å². The Morgan fingerprint density at radius 1 is 1.09 bits per heavy atom. The summed E-state index contributed by atoms with van der Waals surface area (Å²) in [6.45, 7) is 0.242. The lowest BCUT2D eigenvalue weighted by Crippen LogP contribution is -2.05. The van der Waals surface area contributed by atoms with Crippen molar-refractivity contribution in [3.63, 3.8) is 0 Å². The number of halogens is 3. The second-order valence-corrected chi connectivity index (χ2v) is 8.18. The third kappa shape index (κ3) is 5.40. The van der Waals surface area contributed by atoms with E-state index in [0.717, 1.165) is 28.3 Å². The number of carbonyl (C=O) groups excluding carboxylic acids is 1. The number of carbonyl (C=O) groups is 1. The molecule has 0 atom stereocenters. The summed E-state index contributed by atoms with van der Waals surface area (Å²) in [4.78, 5) is 13.8. The number of nitrogens with zero attached hydrogens (tertiary/aromatic N) is 2. The van der Waals surface area contributed by atoms with Gasteiger partial charge in [-0.3, -0.25) is 9.48 Å². The Morgan fingerprint density at radius 3 is 2.42 bits per heavy atom. The lowest BCUT2D eigenvalue weighted by Gasteiger charge is -2.07. The Balaban J connectivity index is 1.59. The van der Waals surface area contributed by atoms with E-state index in [1.54, 1.807) is 24.1 Å². The Labute approximate surface area is 192 Å². The van der Waals surface area contributed by atoms with Gasteiger partial charge in [0.25, 0.3) is 0 Å². The minimum Gasteiger partial charge on any atom is -0.497 e. The molecule has 0 amide bonds. The Kier molecular flexibility index (Phi) is 6.46. The van der Waals surface area contributed by atoms with Crippen molar-refractivity contribution < 1.29 is 22.7 Å². The molecule has 0 aliphatic rings. The number of thiophene rings is 1. The molecule has 2 heterocycles. The van der Waals surface area contributed by atoms with Crippen LogP contribution in [0.15, 0.2) is 78.3 Å². The number of benzene rings is 2. The highest BCUT2D eigenvalue weighted by Crippen LogP contribution is 2.30. The number of alkyl halides is 3. The van der Waals surface area contributed by atoms with Crippen molar-refractivity contribution in [2.24, 2.45) is 0 Å². The van der Waals surface area contributed by atoms with Gasteiger partial charge in [0.15, 0.2) is 5.78 Å². The monoisotopic (exact) mass is 468 g/mol. The fourth-order valence-electron chi connectivity index (χ4n) is 3.24. The van der Waals surface area contributed by atoms with Gasteiger partial charge in [0.05, 0.1) is 29.7 Å². The van der Waals surface area contributed by atoms with Crippen molar-refractivity contribution in [3.8, 4) is 16.3 Å². The summed E-state index contributed by atoms with van der Waals surface area (Å²) in [6, 6.07) is 16.0. The summed E-state index contributed by atoms with van der Waals surface area (Å²) < 4.78 is 45.2. The van der Waals surface area contributed by atoms with Gasteiger partial charge in [-0.1, -0.05) is 36.4 Å². The zero-order chi connectivity index (χ0) is 23.4. The molecule has 2 aromatic heterocycles. The van der Waals surface area contributed by atoms with E-state index in [4.69, 9.17) is 4.74 Å². The average Bonchev–Trinajstić information content (AvgIpc) is 3.48. The van der Waals surface area contributed by atoms with Crippen LogP contribution in [-0.2, 0) is 12.7 Å². The first-order chi connectivity index (χ1) is 15.8. The van der Waals surface area contributed by atoms with Gasteiger partial charge in [0.1, 0.15) is 11.4 Å². The lowest BCUT2D eigenvalue weighted by molar-refractivity contribution is -0.137. The van der Waals surface area contributed by atoms with Crippen LogP contribution in [0.1, 0.15) is 27.0 Å². The molecule has 4 nitrogen and oxygen atoms in total. The number of hydrogen-bond donors (Lipinski definition) is 0. The Hall–Kier alpha value is -3.65. The summed E-state index contributed by atoms with van der Waals surface area (Å²) >= 11 is 1.46. The first kappa shape index (κ1) is 22.5. The number of ether oxygens (including phenoxy) is 1. The highest BCUT2D eigenvalue weighted by molar-refractivity contribution is 7.13. The molecule has 33 heavy (non-hydrogen) atoms. The van der Waals surface area contributed by atoms with Gasteiger partial charge in [-0.25, -0.2) is 0 Å². The van der Waals surface area contributed by atoms with E-state index in [1.807, 2.05) is 41.8 Å². The topological polar surface area (TPSA) is 44.1 Å². The van der Waals surface area contributed by atoms with Crippen LogP contribution in [0.3, 0.4) is 0 Å². The van der Waals surface area contributed by atoms with Crippen molar-refractivity contribution in [3.05, 3.63) is 101 Å². The van der Waals surface area contributed by atoms with Crippen molar-refractivity contribution in [2.45, 2.75) is 12.7 Å². The van der Waals surface area contributed by atoms with E-state index < -0.39 is 11.7 Å². The number of rotatable bonds is 7. The van der Waals surface area contributed by atoms with Crippen molar-refractivity contribution in [1.82, 2.24) is 9.78 Å². The van der Waals surface area contributed by atoms with E-state index >= 15 is 0 Å². The number of aromatic nitrogens is 2. The standard InChI is InChI=1S/C25H19F3N2O2S/c1-32-20-11-6-17(7-12-20)8-13-22(31)21-16-30(29-24(21)23-3-2-14-33-23)15-18-4-9-19(10-5-18)25(26,27)28/h2-14,16H,15H2,1H3. The molecule has 0 N–H and O–H groups in total. The molecule has 8 heteroatoms. The molecule has 0 fully saturated rings. The summed E-state index contributed by atoms with van der Waals surface area (Å²) in [5.74, 6) is 0.510. The largest absolute Gasteiger partial charge is 0.497 e. The van der Waals surface area contributed by atoms with Gasteiger partial charge in [0, 0.05) is 6.20 Å². The fourth-order valence-corrected chi connectivity index (χ4v) is 3.96. The Morgan fingerprint density at radius 2 is 1.82 bits per heavy atom. The molecule has 0 saturated heterocycles. The zero-order valence-electron chi connectivity index (χ0n) is 17.5. The fraction of sp³-hybridized carbons (Fsp3) is 0.120. The summed E-state index contributed by atoms with van der Waals surface area (Å²) in [7, 11) is 1.59. The third-order valence-corrected chi connectivity index (χ3v) is 5.83. The van der Waals surface area contributed by atoms with Crippen LogP contribution in [0.4, 0.5) is 13.2 Å². The van der Waals surface area contributed by atoms with Gasteiger partial charge in [0.2, 0.25) is 0 Å². The minimum absolute atomic E-state index is 0.215. The van der Waals surface area contributed by atoms with Crippen LogP contribution >= 0.6 is 11.3 Å². The van der Waals surface area contributed by atoms with Gasteiger partial charge in [-0.15, -0.1) is 11.3 Å². The van der Waals surface area contributed by atoms with E-state index in [9.17, 15) is 18.0 Å². The number of hydrogen-bond acceptors (Lipinski definition) is 4. The maximum Gasteiger partial charge on any atom is 0.416 e. The Bertz CT molecular complexity index is 1260. The van der Waals surface area contributed by atoms with Gasteiger partial charge >= 0.3 is 6.18 Å². The molecule has 0 aliphatic heterocycles. The second-order valence-electron chi connectivity index (χ2n) is 7.23. The van der Waals surface area contributed by atoms with Crippen LogP contribution in [0, 0.1) is 0 Å². The van der Waals surface area contributed by atoms with Crippen molar-refractivity contribution in [1.29, 1.82) is 0 Å². The molecule has 0 radical (unpaired) electrons. The number of allylic oxidation sites excluding steroid dienone is 1. The van der Waals surface area contributed by atoms with Gasteiger partial charge in [-0.2, -0.15) is 18.3 Å². The molecule has 4 aromatic rings. The first-order valence-electron chi connectivity index (χ1n) is 9.97. The average molecular weight is 469 g/mol. The predicted molar refractivity (Wildman–Crippen MR) is 122 cm³/mol. The predicted octanol–water partition coefficient (Wildman–Crippen LogP) is 6.58. The van der Waals surface area contributed by atoms with E-state index in [0.29, 0.717) is 16.8 Å². The van der Waals surface area contributed by atoms with E-state index in [-0.39, 0.29) is 12.3 Å². The quantitative estimate of drug-likeness (QED) is 0.227. The molecule has 0 aliphatic carbocycles. The maximum atomic E-state index is 13.0. The van der Waals surface area contributed by atoms with Crippen LogP contribution in [0.2, 0.25) is 0 Å². The molecular formula is C25H19F3N2O2S. The third-order valence-electron chi connectivity index (χ3n) is 4.95. The highest BCUT2D eigenvalue weighted by Gasteiger charge is 2.30. The smallest absolute Gasteiger partial charge is 0.416 e. The zero-order valence-corrected chi connectivity index (χ0v) is 18.4. The van der Waals surface area contributed by atoms with Gasteiger partial charge in [-0.05, 0) is 52.9 Å². The number of methoxy groups -OCH3 is 1. The van der Waals surface area contributed by atoms with Crippen molar-refractivity contribution in [2.75, 3.05) is 7.11 Å². The summed E-state index contributed by atoms with van der Waals surface area (Å²) in [5.41, 5.74) is 1.76. The molecule has 0 unspecified atom stereocenters. The SMILES string of the molecule is COc1ccc(C=CC(=O)c2cn(Cc3ccc(C(F)(F)F)cc3)nc2-c2cccs2)cc1. The molecule has 0 spiro atoms. The maximum absolute atomic E-state index is 13.0. The molecule has 168 valence electrons. The molecule has 4 rings (SSSR count). The lowest BCUT2D eigenvalue weighted by atomic mass is 10.1.